The molecule has 2 rings (SSSR count). The second-order valence-corrected chi connectivity index (χ2v) is 4.81. The molecule has 0 aliphatic carbocycles. The Morgan fingerprint density at radius 2 is 2.00 bits per heavy atom. The van der Waals surface area contributed by atoms with Crippen LogP contribution in [0.5, 0.6) is 0 Å². The van der Waals surface area contributed by atoms with Crippen LogP contribution in [0, 0.1) is 13.8 Å². The number of hydrogen-bond acceptors (Lipinski definition) is 3. The van der Waals surface area contributed by atoms with Gasteiger partial charge in [0, 0.05) is 18.8 Å². The summed E-state index contributed by atoms with van der Waals surface area (Å²) in [6, 6.07) is 6.28. The Morgan fingerprint density at radius 1 is 1.24 bits per heavy atom. The molecule has 1 heterocycles. The van der Waals surface area contributed by atoms with Crippen LogP contribution in [0.2, 0.25) is 0 Å². The lowest BCUT2D eigenvalue weighted by atomic mass is 10.1. The van der Waals surface area contributed by atoms with Crippen molar-refractivity contribution in [2.75, 3.05) is 12.4 Å². The molecule has 88 valence electrons. The standard InChI is InChI=1S/C13H14BrN3/c1-8-4-5-10(9(2)6-8)12-16-7-11(14)13(15-3)17-12/h4-7H,1-3H3,(H,15,16,17). The molecule has 3 nitrogen and oxygen atoms in total. The second-order valence-electron chi connectivity index (χ2n) is 3.96. The monoisotopic (exact) mass is 291 g/mol. The molecular formula is C13H14BrN3. The van der Waals surface area contributed by atoms with E-state index in [1.807, 2.05) is 7.05 Å². The fraction of sp³-hybridized carbons (Fsp3) is 0.231. The molecule has 0 aliphatic rings. The van der Waals surface area contributed by atoms with Gasteiger partial charge in [-0.25, -0.2) is 9.97 Å². The Morgan fingerprint density at radius 3 is 2.65 bits per heavy atom. The Bertz CT molecular complexity index is 552. The highest BCUT2D eigenvalue weighted by molar-refractivity contribution is 9.10. The van der Waals surface area contributed by atoms with Gasteiger partial charge in [0.1, 0.15) is 5.82 Å². The van der Waals surface area contributed by atoms with E-state index in [1.54, 1.807) is 6.20 Å². The van der Waals surface area contributed by atoms with Gasteiger partial charge in [-0.05, 0) is 35.3 Å². The van der Waals surface area contributed by atoms with E-state index in [0.29, 0.717) is 0 Å². The van der Waals surface area contributed by atoms with Gasteiger partial charge in [-0.3, -0.25) is 0 Å². The minimum atomic E-state index is 0.745. The van der Waals surface area contributed by atoms with E-state index in [9.17, 15) is 0 Å². The quantitative estimate of drug-likeness (QED) is 0.919. The molecule has 0 unspecified atom stereocenters. The van der Waals surface area contributed by atoms with Gasteiger partial charge in [-0.1, -0.05) is 23.8 Å². The zero-order valence-electron chi connectivity index (χ0n) is 10.1. The van der Waals surface area contributed by atoms with Gasteiger partial charge in [0.15, 0.2) is 5.82 Å². The number of hydrogen-bond donors (Lipinski definition) is 1. The highest BCUT2D eigenvalue weighted by atomic mass is 79.9. The number of benzene rings is 1. The third kappa shape index (κ3) is 2.47. The molecule has 2 aromatic rings. The maximum absolute atomic E-state index is 4.48. The molecule has 0 saturated carbocycles. The molecule has 0 atom stereocenters. The van der Waals surface area contributed by atoms with Gasteiger partial charge < -0.3 is 5.32 Å². The maximum Gasteiger partial charge on any atom is 0.161 e. The number of halogens is 1. The topological polar surface area (TPSA) is 37.8 Å². The van der Waals surface area contributed by atoms with Crippen LogP contribution in [0.4, 0.5) is 5.82 Å². The summed E-state index contributed by atoms with van der Waals surface area (Å²) in [7, 11) is 1.85. The van der Waals surface area contributed by atoms with Gasteiger partial charge in [-0.2, -0.15) is 0 Å². The largest absolute Gasteiger partial charge is 0.372 e. The third-order valence-corrected chi connectivity index (χ3v) is 3.18. The second kappa shape index (κ2) is 4.84. The minimum Gasteiger partial charge on any atom is -0.372 e. The molecule has 0 fully saturated rings. The molecule has 0 aliphatic heterocycles. The zero-order chi connectivity index (χ0) is 12.4. The summed E-state index contributed by atoms with van der Waals surface area (Å²) < 4.78 is 0.869. The Hall–Kier alpha value is -1.42. The van der Waals surface area contributed by atoms with E-state index in [0.717, 1.165) is 21.7 Å². The van der Waals surface area contributed by atoms with Gasteiger partial charge in [0.25, 0.3) is 0 Å². The van der Waals surface area contributed by atoms with Crippen molar-refractivity contribution in [1.29, 1.82) is 0 Å². The number of anilines is 1. The van der Waals surface area contributed by atoms with E-state index in [4.69, 9.17) is 0 Å². The predicted molar refractivity (Wildman–Crippen MR) is 74.2 cm³/mol. The first kappa shape index (κ1) is 12.0. The summed E-state index contributed by atoms with van der Waals surface area (Å²) in [6.45, 7) is 4.16. The van der Waals surface area contributed by atoms with Crippen LogP contribution in [0.25, 0.3) is 11.4 Å². The Kier molecular flexibility index (Phi) is 3.43. The van der Waals surface area contributed by atoms with Gasteiger partial charge >= 0.3 is 0 Å². The van der Waals surface area contributed by atoms with Crippen molar-refractivity contribution >= 4 is 21.7 Å². The van der Waals surface area contributed by atoms with Gasteiger partial charge in [0.2, 0.25) is 0 Å². The molecule has 0 spiro atoms. The molecule has 1 N–H and O–H groups in total. The molecule has 0 bridgehead atoms. The maximum atomic E-state index is 4.48. The Labute approximate surface area is 109 Å². The number of nitrogens with one attached hydrogen (secondary N) is 1. The summed E-state index contributed by atoms with van der Waals surface area (Å²) in [5, 5.41) is 3.04. The Balaban J connectivity index is 2.53. The SMILES string of the molecule is CNc1nc(-c2ccc(C)cc2C)ncc1Br. The summed E-state index contributed by atoms with van der Waals surface area (Å²) in [5.74, 6) is 1.55. The van der Waals surface area contributed by atoms with Crippen molar-refractivity contribution in [2.45, 2.75) is 13.8 Å². The van der Waals surface area contributed by atoms with E-state index in [2.05, 4.69) is 63.3 Å². The summed E-state index contributed by atoms with van der Waals surface area (Å²) >= 11 is 3.41. The molecule has 4 heteroatoms. The van der Waals surface area contributed by atoms with Crippen LogP contribution in [0.3, 0.4) is 0 Å². The van der Waals surface area contributed by atoms with Crippen molar-refractivity contribution in [3.63, 3.8) is 0 Å². The molecular weight excluding hydrogens is 278 g/mol. The van der Waals surface area contributed by atoms with Gasteiger partial charge in [0.05, 0.1) is 4.47 Å². The summed E-state index contributed by atoms with van der Waals surface area (Å²) in [4.78, 5) is 8.83. The van der Waals surface area contributed by atoms with Crippen molar-refractivity contribution in [2.24, 2.45) is 0 Å². The van der Waals surface area contributed by atoms with Crippen LogP contribution in [0.15, 0.2) is 28.9 Å². The lowest BCUT2D eigenvalue weighted by Crippen LogP contribution is -1.98. The lowest BCUT2D eigenvalue weighted by molar-refractivity contribution is 1.14. The van der Waals surface area contributed by atoms with Crippen LogP contribution < -0.4 is 5.32 Å². The van der Waals surface area contributed by atoms with Crippen LogP contribution in [-0.4, -0.2) is 17.0 Å². The first-order chi connectivity index (χ1) is 8.11. The van der Waals surface area contributed by atoms with E-state index in [-0.39, 0.29) is 0 Å². The first-order valence-electron chi connectivity index (χ1n) is 5.39. The third-order valence-electron chi connectivity index (χ3n) is 2.60. The molecule has 0 amide bonds. The lowest BCUT2D eigenvalue weighted by Gasteiger charge is -2.08. The smallest absolute Gasteiger partial charge is 0.161 e. The first-order valence-corrected chi connectivity index (χ1v) is 6.19. The van der Waals surface area contributed by atoms with Gasteiger partial charge in [-0.15, -0.1) is 0 Å². The van der Waals surface area contributed by atoms with Crippen molar-refractivity contribution in [1.82, 2.24) is 9.97 Å². The fourth-order valence-electron chi connectivity index (χ4n) is 1.74. The number of nitrogens with zero attached hydrogens (tertiary/aromatic N) is 2. The molecule has 17 heavy (non-hydrogen) atoms. The molecule has 1 aromatic heterocycles. The van der Waals surface area contributed by atoms with E-state index in [1.165, 1.54) is 11.1 Å². The number of rotatable bonds is 2. The normalized spacial score (nSPS) is 10.4. The zero-order valence-corrected chi connectivity index (χ0v) is 11.7. The highest BCUT2D eigenvalue weighted by Crippen LogP contribution is 2.25. The molecule has 0 saturated heterocycles. The van der Waals surface area contributed by atoms with Crippen LogP contribution in [-0.2, 0) is 0 Å². The fourth-order valence-corrected chi connectivity index (χ4v) is 2.13. The van der Waals surface area contributed by atoms with Crippen molar-refractivity contribution < 1.29 is 0 Å². The average molecular weight is 292 g/mol. The molecule has 1 aromatic carbocycles. The number of aryl methyl sites for hydroxylation is 2. The highest BCUT2D eigenvalue weighted by Gasteiger charge is 2.08. The number of aromatic nitrogens is 2. The van der Waals surface area contributed by atoms with Crippen LogP contribution in [0.1, 0.15) is 11.1 Å². The van der Waals surface area contributed by atoms with Crippen molar-refractivity contribution in [3.8, 4) is 11.4 Å². The summed E-state index contributed by atoms with van der Waals surface area (Å²) in [5.41, 5.74) is 3.51. The van der Waals surface area contributed by atoms with E-state index < -0.39 is 0 Å². The average Bonchev–Trinajstić information content (AvgIpc) is 2.30. The van der Waals surface area contributed by atoms with E-state index >= 15 is 0 Å². The summed E-state index contributed by atoms with van der Waals surface area (Å²) in [6.07, 6.45) is 1.77. The minimum absolute atomic E-state index is 0.745. The van der Waals surface area contributed by atoms with Crippen molar-refractivity contribution in [3.05, 3.63) is 40.0 Å². The molecule has 0 radical (unpaired) electrons. The van der Waals surface area contributed by atoms with Crippen LogP contribution >= 0.6 is 15.9 Å². The predicted octanol–water partition coefficient (Wildman–Crippen LogP) is 3.56.